The molecular weight excluding hydrogens is 374 g/mol. The fourth-order valence-corrected chi connectivity index (χ4v) is 3.28. The van der Waals surface area contributed by atoms with Gasteiger partial charge in [-0.25, -0.2) is 13.6 Å². The summed E-state index contributed by atoms with van der Waals surface area (Å²) >= 11 is 0. The van der Waals surface area contributed by atoms with Crippen molar-refractivity contribution >= 4 is 12.0 Å². The van der Waals surface area contributed by atoms with E-state index in [9.17, 15) is 18.4 Å². The minimum absolute atomic E-state index is 0.0454. The van der Waals surface area contributed by atoms with E-state index in [-0.39, 0.29) is 38.5 Å². The van der Waals surface area contributed by atoms with Crippen LogP contribution in [0.5, 0.6) is 0 Å². The van der Waals surface area contributed by atoms with Gasteiger partial charge in [0.2, 0.25) is 0 Å². The third-order valence-corrected chi connectivity index (χ3v) is 4.56. The molecule has 0 radical (unpaired) electrons. The van der Waals surface area contributed by atoms with Crippen LogP contribution in [0, 0.1) is 11.6 Å². The first kappa shape index (κ1) is 20.5. The number of nitrogens with one attached hydrogen (secondary N) is 1. The number of hydrogen-bond donors (Lipinski definition) is 1. The lowest BCUT2D eigenvalue weighted by Gasteiger charge is -2.47. The van der Waals surface area contributed by atoms with Gasteiger partial charge in [-0.2, -0.15) is 0 Å². The third kappa shape index (κ3) is 4.25. The Hall–Kier alpha value is -2.26. The van der Waals surface area contributed by atoms with E-state index >= 15 is 0 Å². The lowest BCUT2D eigenvalue weighted by molar-refractivity contribution is -0.146. The maximum Gasteiger partial charge on any atom is 0.411 e. The van der Waals surface area contributed by atoms with Crippen LogP contribution >= 0.6 is 0 Å². The molecule has 154 valence electrons. The average Bonchev–Trinajstić information content (AvgIpc) is 2.81. The summed E-state index contributed by atoms with van der Waals surface area (Å²) in [5.74, 6) is -2.06. The Morgan fingerprint density at radius 2 is 1.75 bits per heavy atom. The van der Waals surface area contributed by atoms with Gasteiger partial charge in [-0.3, -0.25) is 9.69 Å². The van der Waals surface area contributed by atoms with Crippen molar-refractivity contribution in [1.29, 1.82) is 0 Å². The minimum atomic E-state index is -1.42. The van der Waals surface area contributed by atoms with Crippen molar-refractivity contribution in [2.45, 2.75) is 38.0 Å². The molecule has 0 bridgehead atoms. The molecule has 1 aromatic rings. The van der Waals surface area contributed by atoms with Gasteiger partial charge in [-0.05, 0) is 38.5 Å². The molecule has 0 aliphatic carbocycles. The summed E-state index contributed by atoms with van der Waals surface area (Å²) in [4.78, 5) is 27.2. The predicted octanol–water partition coefficient (Wildman–Crippen LogP) is 2.16. The number of carbonyl (C=O) groups excluding carboxylic acids is 2. The SMILES string of the molecule is CC(C)(C)OC(=O)N1CC(c2cc(F)cc(F)c2)NC(=O)C12COCCOC2. The molecule has 9 heteroatoms. The van der Waals surface area contributed by atoms with Crippen LogP contribution < -0.4 is 5.32 Å². The van der Waals surface area contributed by atoms with Gasteiger partial charge >= 0.3 is 6.09 Å². The van der Waals surface area contributed by atoms with Crippen LogP contribution in [0.25, 0.3) is 0 Å². The number of ether oxygens (including phenoxy) is 3. The fourth-order valence-electron chi connectivity index (χ4n) is 3.28. The number of halogens is 2. The highest BCUT2D eigenvalue weighted by molar-refractivity contribution is 5.92. The molecule has 1 atom stereocenters. The molecule has 2 amide bonds. The van der Waals surface area contributed by atoms with E-state index in [1.165, 1.54) is 4.90 Å². The van der Waals surface area contributed by atoms with Gasteiger partial charge < -0.3 is 19.5 Å². The Labute approximate surface area is 161 Å². The second-order valence-electron chi connectivity index (χ2n) is 7.96. The van der Waals surface area contributed by atoms with E-state index in [4.69, 9.17) is 14.2 Å². The number of rotatable bonds is 1. The van der Waals surface area contributed by atoms with Gasteiger partial charge in [-0.1, -0.05) is 0 Å². The molecule has 0 saturated carbocycles. The molecule has 2 aliphatic heterocycles. The molecule has 1 N–H and O–H groups in total. The highest BCUT2D eigenvalue weighted by atomic mass is 19.1. The number of nitrogens with zero attached hydrogens (tertiary/aromatic N) is 1. The predicted molar refractivity (Wildman–Crippen MR) is 94.6 cm³/mol. The number of amides is 2. The Bertz CT molecular complexity index is 737. The average molecular weight is 398 g/mol. The molecule has 1 unspecified atom stereocenters. The number of benzene rings is 1. The topological polar surface area (TPSA) is 77.1 Å². The van der Waals surface area contributed by atoms with Gasteiger partial charge in [0, 0.05) is 12.6 Å². The van der Waals surface area contributed by atoms with Crippen molar-refractivity contribution in [1.82, 2.24) is 10.2 Å². The molecule has 7 nitrogen and oxygen atoms in total. The maximum atomic E-state index is 13.7. The smallest absolute Gasteiger partial charge is 0.411 e. The quantitative estimate of drug-likeness (QED) is 0.785. The van der Waals surface area contributed by atoms with Crippen molar-refractivity contribution in [2.75, 3.05) is 33.0 Å². The number of hydrogen-bond acceptors (Lipinski definition) is 5. The molecule has 2 heterocycles. The zero-order valence-corrected chi connectivity index (χ0v) is 16.1. The van der Waals surface area contributed by atoms with Crippen molar-refractivity contribution < 1.29 is 32.6 Å². The molecule has 28 heavy (non-hydrogen) atoms. The Morgan fingerprint density at radius 1 is 1.18 bits per heavy atom. The summed E-state index contributed by atoms with van der Waals surface area (Å²) in [6.07, 6.45) is -0.724. The van der Waals surface area contributed by atoms with Crippen LogP contribution in [-0.2, 0) is 19.0 Å². The Kier molecular flexibility index (Phi) is 5.58. The molecule has 2 aliphatic rings. The molecular formula is C19H24F2N2O5. The van der Waals surface area contributed by atoms with Crippen molar-refractivity contribution in [2.24, 2.45) is 0 Å². The van der Waals surface area contributed by atoms with E-state index in [0.717, 1.165) is 18.2 Å². The van der Waals surface area contributed by atoms with Crippen molar-refractivity contribution in [3.8, 4) is 0 Å². The Balaban J connectivity index is 1.96. The van der Waals surface area contributed by atoms with Crippen molar-refractivity contribution in [3.63, 3.8) is 0 Å². The summed E-state index contributed by atoms with van der Waals surface area (Å²) < 4.78 is 43.8. The zero-order chi connectivity index (χ0) is 20.5. The lowest BCUT2D eigenvalue weighted by Crippen LogP contribution is -2.71. The van der Waals surface area contributed by atoms with Gasteiger partial charge in [0.15, 0.2) is 5.54 Å². The first-order chi connectivity index (χ1) is 13.1. The van der Waals surface area contributed by atoms with Crippen LogP contribution in [0.2, 0.25) is 0 Å². The summed E-state index contributed by atoms with van der Waals surface area (Å²) in [7, 11) is 0. The Morgan fingerprint density at radius 3 is 2.29 bits per heavy atom. The molecule has 2 saturated heterocycles. The van der Waals surface area contributed by atoms with Gasteiger partial charge in [0.25, 0.3) is 5.91 Å². The number of carbonyl (C=O) groups is 2. The lowest BCUT2D eigenvalue weighted by atomic mass is 9.91. The summed E-state index contributed by atoms with van der Waals surface area (Å²) in [6.45, 7) is 5.52. The van der Waals surface area contributed by atoms with E-state index in [1.807, 2.05) is 0 Å². The van der Waals surface area contributed by atoms with E-state index < -0.39 is 40.8 Å². The molecule has 2 fully saturated rings. The van der Waals surface area contributed by atoms with Crippen LogP contribution in [0.1, 0.15) is 32.4 Å². The van der Waals surface area contributed by atoms with Crippen LogP contribution in [0.4, 0.5) is 13.6 Å². The molecule has 3 rings (SSSR count). The number of piperazine rings is 1. The maximum absolute atomic E-state index is 13.7. The second-order valence-corrected chi connectivity index (χ2v) is 7.96. The molecule has 0 aromatic heterocycles. The zero-order valence-electron chi connectivity index (χ0n) is 16.1. The summed E-state index contributed by atoms with van der Waals surface area (Å²) in [5, 5.41) is 2.74. The first-order valence-electron chi connectivity index (χ1n) is 9.04. The third-order valence-electron chi connectivity index (χ3n) is 4.56. The molecule has 1 spiro atoms. The fraction of sp³-hybridized carbons (Fsp3) is 0.579. The van der Waals surface area contributed by atoms with Gasteiger partial charge in [0.05, 0.1) is 32.5 Å². The van der Waals surface area contributed by atoms with E-state index in [2.05, 4.69) is 5.32 Å². The van der Waals surface area contributed by atoms with Crippen molar-refractivity contribution in [3.05, 3.63) is 35.4 Å². The van der Waals surface area contributed by atoms with Crippen LogP contribution in [0.3, 0.4) is 0 Å². The van der Waals surface area contributed by atoms with Gasteiger partial charge in [0.1, 0.15) is 17.2 Å². The minimum Gasteiger partial charge on any atom is -0.444 e. The first-order valence-corrected chi connectivity index (χ1v) is 9.04. The van der Waals surface area contributed by atoms with E-state index in [0.29, 0.717) is 0 Å². The summed E-state index contributed by atoms with van der Waals surface area (Å²) in [6, 6.07) is 2.19. The van der Waals surface area contributed by atoms with Gasteiger partial charge in [-0.15, -0.1) is 0 Å². The standard InChI is InChI=1S/C19H24F2N2O5/c1-18(2,3)28-17(25)23-9-15(12-6-13(20)8-14(21)7-12)22-16(24)19(23)10-26-4-5-27-11-19/h6-8,15H,4-5,9-11H2,1-3H3,(H,22,24). The van der Waals surface area contributed by atoms with Crippen LogP contribution in [0.15, 0.2) is 18.2 Å². The highest BCUT2D eigenvalue weighted by Crippen LogP contribution is 2.31. The summed E-state index contributed by atoms with van der Waals surface area (Å²) in [5.41, 5.74) is -2.00. The molecule has 1 aromatic carbocycles. The largest absolute Gasteiger partial charge is 0.444 e. The normalized spacial score (nSPS) is 22.5. The van der Waals surface area contributed by atoms with E-state index in [1.54, 1.807) is 20.8 Å². The monoisotopic (exact) mass is 398 g/mol. The van der Waals surface area contributed by atoms with Crippen LogP contribution in [-0.4, -0.2) is 61.0 Å². The second kappa shape index (κ2) is 7.63. The highest BCUT2D eigenvalue weighted by Gasteiger charge is 2.53.